The summed E-state index contributed by atoms with van der Waals surface area (Å²) in [5.41, 5.74) is 0.463. The van der Waals surface area contributed by atoms with Gasteiger partial charge in [-0.15, -0.1) is 0 Å². The van der Waals surface area contributed by atoms with Crippen LogP contribution in [0.5, 0.6) is 0 Å². The highest BCUT2D eigenvalue weighted by molar-refractivity contribution is 5.81. The summed E-state index contributed by atoms with van der Waals surface area (Å²) in [5, 5.41) is 0. The molecule has 2 fully saturated rings. The Bertz CT molecular complexity index is 272. The number of carbonyl (C=O) groups is 1. The highest BCUT2D eigenvalue weighted by Crippen LogP contribution is 2.36. The molecular weight excluding hydrogens is 238 g/mol. The van der Waals surface area contributed by atoms with Crippen LogP contribution in [0.15, 0.2) is 0 Å². The monoisotopic (exact) mass is 269 g/mol. The lowest BCUT2D eigenvalue weighted by Gasteiger charge is -2.39. The molecule has 0 radical (unpaired) electrons. The second kappa shape index (κ2) is 7.28. The van der Waals surface area contributed by atoms with E-state index < -0.39 is 0 Å². The maximum absolute atomic E-state index is 12.2. The van der Waals surface area contributed by atoms with Gasteiger partial charge in [-0.2, -0.15) is 0 Å². The molecule has 1 aliphatic carbocycles. The Morgan fingerprint density at radius 2 is 1.74 bits per heavy atom. The van der Waals surface area contributed by atoms with E-state index in [-0.39, 0.29) is 12.0 Å². The molecule has 19 heavy (non-hydrogen) atoms. The summed E-state index contributed by atoms with van der Waals surface area (Å²) in [4.78, 5) is 14.2. The zero-order valence-electron chi connectivity index (χ0n) is 13.4. The molecule has 1 amide bonds. The maximum Gasteiger partial charge on any atom is 0.251 e. The summed E-state index contributed by atoms with van der Waals surface area (Å²) in [6.45, 7) is 9.40. The highest BCUT2D eigenvalue weighted by Gasteiger charge is 2.34. The number of nitrogens with zero attached hydrogens (tertiary/aromatic N) is 1. The number of ether oxygens (including phenoxy) is 1. The Kier molecular flexibility index (Phi) is 6.31. The first-order valence-electron chi connectivity index (χ1n) is 7.88. The molecule has 0 N–H and O–H groups in total. The molecule has 1 saturated carbocycles. The topological polar surface area (TPSA) is 29.5 Å². The van der Waals surface area contributed by atoms with E-state index in [1.807, 2.05) is 25.8 Å². The Hall–Kier alpha value is -0.570. The minimum atomic E-state index is -0.157. The largest absolute Gasteiger partial charge is 0.368 e. The van der Waals surface area contributed by atoms with Gasteiger partial charge in [-0.05, 0) is 43.9 Å². The van der Waals surface area contributed by atoms with Crippen LogP contribution in [-0.2, 0) is 9.53 Å². The van der Waals surface area contributed by atoms with E-state index in [1.54, 1.807) is 0 Å². The van der Waals surface area contributed by atoms with Gasteiger partial charge < -0.3 is 9.64 Å². The fourth-order valence-corrected chi connectivity index (χ4v) is 2.95. The second-order valence-corrected chi connectivity index (χ2v) is 6.35. The number of rotatable bonds is 2. The number of likely N-dealkylation sites (N-methyl/N-ethyl adjacent to an activating group) is 1. The van der Waals surface area contributed by atoms with Crippen molar-refractivity contribution in [3.63, 3.8) is 0 Å². The van der Waals surface area contributed by atoms with Crippen molar-refractivity contribution in [2.75, 3.05) is 13.7 Å². The molecule has 1 aliphatic heterocycles. The Balaban J connectivity index is 0.000000861. The zero-order chi connectivity index (χ0) is 14.5. The molecule has 112 valence electrons. The van der Waals surface area contributed by atoms with E-state index in [2.05, 4.69) is 13.8 Å². The van der Waals surface area contributed by atoms with Crippen molar-refractivity contribution in [2.45, 2.75) is 78.4 Å². The van der Waals surface area contributed by atoms with E-state index in [0.717, 1.165) is 32.3 Å². The molecule has 0 aromatic carbocycles. The number of amides is 1. The number of hydrogen-bond acceptors (Lipinski definition) is 2. The predicted molar refractivity (Wildman–Crippen MR) is 79.1 cm³/mol. The van der Waals surface area contributed by atoms with Crippen LogP contribution in [0.2, 0.25) is 0 Å². The number of hydrogen-bond donors (Lipinski definition) is 0. The lowest BCUT2D eigenvalue weighted by Crippen LogP contribution is -2.45. The third-order valence-corrected chi connectivity index (χ3v) is 4.41. The molecule has 2 aliphatic rings. The Morgan fingerprint density at radius 1 is 1.16 bits per heavy atom. The van der Waals surface area contributed by atoms with E-state index in [1.165, 1.54) is 12.8 Å². The van der Waals surface area contributed by atoms with Crippen LogP contribution in [0.1, 0.15) is 66.2 Å². The fourth-order valence-electron chi connectivity index (χ4n) is 2.95. The normalized spacial score (nSPS) is 26.5. The Labute approximate surface area is 118 Å². The minimum absolute atomic E-state index is 0.157. The van der Waals surface area contributed by atoms with Crippen LogP contribution in [0, 0.1) is 5.41 Å². The van der Waals surface area contributed by atoms with Gasteiger partial charge in [-0.3, -0.25) is 4.79 Å². The van der Waals surface area contributed by atoms with Gasteiger partial charge in [-0.25, -0.2) is 0 Å². The van der Waals surface area contributed by atoms with Crippen LogP contribution in [-0.4, -0.2) is 36.6 Å². The van der Waals surface area contributed by atoms with Crippen molar-refractivity contribution in [2.24, 2.45) is 5.41 Å². The number of carbonyl (C=O) groups excluding carboxylic acids is 1. The van der Waals surface area contributed by atoms with Crippen LogP contribution >= 0.6 is 0 Å². The van der Waals surface area contributed by atoms with Crippen LogP contribution in [0.4, 0.5) is 0 Å². The van der Waals surface area contributed by atoms with E-state index in [0.29, 0.717) is 11.5 Å². The molecule has 3 heteroatoms. The fraction of sp³-hybridized carbons (Fsp3) is 0.938. The highest BCUT2D eigenvalue weighted by atomic mass is 16.5. The lowest BCUT2D eigenvalue weighted by molar-refractivity contribution is -0.142. The Morgan fingerprint density at radius 3 is 2.21 bits per heavy atom. The minimum Gasteiger partial charge on any atom is -0.368 e. The van der Waals surface area contributed by atoms with Crippen LogP contribution < -0.4 is 0 Å². The standard InChI is InChI=1S/C14H25NO2.C2H6/c1-14(2)8-6-11(7-9-14)15(3)13(16)12-5-4-10-17-12;1-2/h11-12H,4-10H2,1-3H3;1-2H3. The molecule has 2 rings (SSSR count). The molecule has 0 aromatic heterocycles. The van der Waals surface area contributed by atoms with Gasteiger partial charge >= 0.3 is 0 Å². The van der Waals surface area contributed by atoms with Gasteiger partial charge in [-0.1, -0.05) is 27.7 Å². The summed E-state index contributed by atoms with van der Waals surface area (Å²) < 4.78 is 5.48. The summed E-state index contributed by atoms with van der Waals surface area (Å²) >= 11 is 0. The van der Waals surface area contributed by atoms with Gasteiger partial charge in [0, 0.05) is 19.7 Å². The SMILES string of the molecule is CC.CN(C(=O)C1CCCO1)C1CCC(C)(C)CC1. The molecule has 0 aromatic rings. The molecule has 1 unspecified atom stereocenters. The van der Waals surface area contributed by atoms with Crippen molar-refractivity contribution in [1.82, 2.24) is 4.90 Å². The molecule has 1 atom stereocenters. The first-order chi connectivity index (χ1) is 8.99. The summed E-state index contributed by atoms with van der Waals surface area (Å²) in [7, 11) is 1.95. The van der Waals surface area contributed by atoms with Crippen LogP contribution in [0.25, 0.3) is 0 Å². The van der Waals surface area contributed by atoms with Crippen molar-refractivity contribution in [1.29, 1.82) is 0 Å². The van der Waals surface area contributed by atoms with Crippen molar-refractivity contribution < 1.29 is 9.53 Å². The summed E-state index contributed by atoms with van der Waals surface area (Å²) in [5.74, 6) is 0.201. The van der Waals surface area contributed by atoms with E-state index in [4.69, 9.17) is 4.74 Å². The second-order valence-electron chi connectivity index (χ2n) is 6.35. The van der Waals surface area contributed by atoms with Gasteiger partial charge in [0.25, 0.3) is 5.91 Å². The maximum atomic E-state index is 12.2. The van der Waals surface area contributed by atoms with Crippen molar-refractivity contribution >= 4 is 5.91 Å². The van der Waals surface area contributed by atoms with E-state index in [9.17, 15) is 4.79 Å². The summed E-state index contributed by atoms with van der Waals surface area (Å²) in [6.07, 6.45) is 6.50. The molecular formula is C16H31NO2. The van der Waals surface area contributed by atoms with Gasteiger partial charge in [0.15, 0.2) is 0 Å². The van der Waals surface area contributed by atoms with Crippen molar-refractivity contribution in [3.8, 4) is 0 Å². The lowest BCUT2D eigenvalue weighted by atomic mass is 9.75. The van der Waals surface area contributed by atoms with Crippen molar-refractivity contribution in [3.05, 3.63) is 0 Å². The molecule has 3 nitrogen and oxygen atoms in total. The third kappa shape index (κ3) is 4.48. The molecule has 0 bridgehead atoms. The average Bonchev–Trinajstić information content (AvgIpc) is 2.93. The quantitative estimate of drug-likeness (QED) is 0.766. The predicted octanol–water partition coefficient (Wildman–Crippen LogP) is 3.62. The molecule has 0 spiro atoms. The zero-order valence-corrected chi connectivity index (χ0v) is 13.4. The average molecular weight is 269 g/mol. The first kappa shape index (κ1) is 16.5. The van der Waals surface area contributed by atoms with Gasteiger partial charge in [0.1, 0.15) is 6.10 Å². The van der Waals surface area contributed by atoms with Gasteiger partial charge in [0.2, 0.25) is 0 Å². The van der Waals surface area contributed by atoms with Gasteiger partial charge in [0.05, 0.1) is 0 Å². The first-order valence-corrected chi connectivity index (χ1v) is 7.88. The molecule has 1 saturated heterocycles. The van der Waals surface area contributed by atoms with E-state index >= 15 is 0 Å². The third-order valence-electron chi connectivity index (χ3n) is 4.41. The van der Waals surface area contributed by atoms with Crippen LogP contribution in [0.3, 0.4) is 0 Å². The molecule has 1 heterocycles. The smallest absolute Gasteiger partial charge is 0.251 e. The summed E-state index contributed by atoms with van der Waals surface area (Å²) in [6, 6.07) is 0.430.